The van der Waals surface area contributed by atoms with Crippen molar-refractivity contribution in [3.8, 4) is 11.4 Å². The van der Waals surface area contributed by atoms with Crippen molar-refractivity contribution in [3.05, 3.63) is 36.0 Å². The van der Waals surface area contributed by atoms with Gasteiger partial charge in [-0.05, 0) is 24.6 Å². The summed E-state index contributed by atoms with van der Waals surface area (Å²) in [6, 6.07) is 9.45. The van der Waals surface area contributed by atoms with Gasteiger partial charge in [-0.25, -0.2) is 4.68 Å². The van der Waals surface area contributed by atoms with Crippen LogP contribution in [0, 0.1) is 0 Å². The van der Waals surface area contributed by atoms with Crippen LogP contribution < -0.4 is 4.74 Å². The third-order valence-electron chi connectivity index (χ3n) is 2.73. The zero-order valence-corrected chi connectivity index (χ0v) is 12.2. The topological polar surface area (TPSA) is 64.3 Å². The normalized spacial score (nSPS) is 10.5. The van der Waals surface area contributed by atoms with E-state index in [9.17, 15) is 4.79 Å². The summed E-state index contributed by atoms with van der Waals surface area (Å²) < 4.78 is 6.96. The summed E-state index contributed by atoms with van der Waals surface area (Å²) in [5.74, 6) is -0.0876. The van der Waals surface area contributed by atoms with E-state index >= 15 is 0 Å². The van der Waals surface area contributed by atoms with Crippen LogP contribution in [-0.4, -0.2) is 33.7 Å². The molecule has 1 aromatic heterocycles. The lowest BCUT2D eigenvalue weighted by Crippen LogP contribution is -2.02. The van der Waals surface area contributed by atoms with Crippen LogP contribution in [-0.2, 0) is 11.2 Å². The molecule has 20 heavy (non-hydrogen) atoms. The number of aryl methyl sites for hydroxylation is 1. The van der Waals surface area contributed by atoms with Crippen LogP contribution in [0.4, 0.5) is 0 Å². The van der Waals surface area contributed by atoms with E-state index in [0.717, 1.165) is 28.6 Å². The minimum Gasteiger partial charge on any atom is -0.497 e. The Kier molecular flexibility index (Phi) is 4.68. The fourth-order valence-electron chi connectivity index (χ4n) is 1.75. The van der Waals surface area contributed by atoms with Crippen LogP contribution in [0.15, 0.2) is 35.4 Å². The van der Waals surface area contributed by atoms with E-state index in [1.54, 1.807) is 11.8 Å². The predicted molar refractivity (Wildman–Crippen MR) is 77.9 cm³/mol. The van der Waals surface area contributed by atoms with Crippen LogP contribution in [0.3, 0.4) is 0 Å². The summed E-state index contributed by atoms with van der Waals surface area (Å²) in [6.07, 6.45) is 0.803. The molecule has 0 saturated heterocycles. The first kappa shape index (κ1) is 14.5. The van der Waals surface area contributed by atoms with Crippen molar-refractivity contribution in [3.63, 3.8) is 0 Å². The van der Waals surface area contributed by atoms with E-state index in [2.05, 4.69) is 5.10 Å². The number of rotatable bonds is 6. The second-order valence-corrected chi connectivity index (χ2v) is 5.12. The molecule has 1 heterocycles. The van der Waals surface area contributed by atoms with Gasteiger partial charge in [0.2, 0.25) is 0 Å². The highest BCUT2D eigenvalue weighted by Crippen LogP contribution is 2.25. The largest absolute Gasteiger partial charge is 0.497 e. The molecule has 6 heteroatoms. The maximum Gasteiger partial charge on any atom is 0.313 e. The first-order chi connectivity index (χ1) is 9.63. The zero-order chi connectivity index (χ0) is 14.5. The minimum absolute atomic E-state index is 0.0127. The summed E-state index contributed by atoms with van der Waals surface area (Å²) >= 11 is 1.26. The van der Waals surface area contributed by atoms with Crippen LogP contribution >= 0.6 is 11.8 Å². The van der Waals surface area contributed by atoms with E-state index in [0.29, 0.717) is 0 Å². The molecule has 2 aromatic rings. The Morgan fingerprint density at radius 2 is 2.25 bits per heavy atom. The number of thioether (sulfide) groups is 1. The van der Waals surface area contributed by atoms with Gasteiger partial charge in [-0.1, -0.05) is 24.8 Å². The number of hydrogen-bond donors (Lipinski definition) is 1. The molecular formula is C14H16N2O3S. The maximum absolute atomic E-state index is 10.7. The summed E-state index contributed by atoms with van der Waals surface area (Å²) in [4.78, 5) is 10.7. The average Bonchev–Trinajstić information content (AvgIpc) is 2.88. The predicted octanol–water partition coefficient (Wildman–Crippen LogP) is 2.62. The Labute approximate surface area is 121 Å². The molecule has 106 valence electrons. The second kappa shape index (κ2) is 6.47. The second-order valence-electron chi connectivity index (χ2n) is 4.12. The van der Waals surface area contributed by atoms with E-state index in [1.807, 2.05) is 37.3 Å². The number of methoxy groups -OCH3 is 1. The lowest BCUT2D eigenvalue weighted by Gasteiger charge is -2.07. The highest BCUT2D eigenvalue weighted by Gasteiger charge is 2.11. The number of aromatic nitrogens is 2. The number of ether oxygens (including phenoxy) is 1. The van der Waals surface area contributed by atoms with Crippen LogP contribution in [0.2, 0.25) is 0 Å². The highest BCUT2D eigenvalue weighted by atomic mass is 32.2. The standard InChI is InChI=1S/C14H16N2O3S/c1-3-10-7-13(20-9-14(17)18)16(15-10)11-5-4-6-12(8-11)19-2/h4-8H,3,9H2,1-2H3,(H,17,18). The summed E-state index contributed by atoms with van der Waals surface area (Å²) in [7, 11) is 1.61. The number of aliphatic carboxylic acids is 1. The van der Waals surface area contributed by atoms with Crippen molar-refractivity contribution in [2.24, 2.45) is 0 Å². The quantitative estimate of drug-likeness (QED) is 0.829. The lowest BCUT2D eigenvalue weighted by atomic mass is 10.3. The number of nitrogens with zero attached hydrogens (tertiary/aromatic N) is 2. The molecular weight excluding hydrogens is 276 g/mol. The van der Waals surface area contributed by atoms with Crippen molar-refractivity contribution in [2.75, 3.05) is 12.9 Å². The Bertz CT molecular complexity index is 610. The molecule has 0 aliphatic carbocycles. The number of hydrogen-bond acceptors (Lipinski definition) is 4. The van der Waals surface area contributed by atoms with Crippen molar-refractivity contribution in [1.82, 2.24) is 9.78 Å². The SMILES string of the molecule is CCc1cc(SCC(=O)O)n(-c2cccc(OC)c2)n1. The average molecular weight is 292 g/mol. The van der Waals surface area contributed by atoms with Crippen molar-refractivity contribution in [1.29, 1.82) is 0 Å². The minimum atomic E-state index is -0.841. The van der Waals surface area contributed by atoms with Gasteiger partial charge in [-0.3, -0.25) is 4.79 Å². The molecule has 0 aliphatic rings. The van der Waals surface area contributed by atoms with E-state index in [4.69, 9.17) is 9.84 Å². The number of carbonyl (C=O) groups is 1. The van der Waals surface area contributed by atoms with Gasteiger partial charge in [-0.2, -0.15) is 5.10 Å². The summed E-state index contributed by atoms with van der Waals surface area (Å²) in [5, 5.41) is 14.1. The maximum atomic E-state index is 10.7. The molecule has 5 nitrogen and oxygen atoms in total. The van der Waals surface area contributed by atoms with Gasteiger partial charge in [0.25, 0.3) is 0 Å². The van der Waals surface area contributed by atoms with Gasteiger partial charge in [0.1, 0.15) is 10.8 Å². The van der Waals surface area contributed by atoms with Crippen molar-refractivity contribution >= 4 is 17.7 Å². The molecule has 0 atom stereocenters. The van der Waals surface area contributed by atoms with Gasteiger partial charge in [0.15, 0.2) is 0 Å². The van der Waals surface area contributed by atoms with Crippen molar-refractivity contribution in [2.45, 2.75) is 18.4 Å². The smallest absolute Gasteiger partial charge is 0.313 e. The van der Waals surface area contributed by atoms with Crippen LogP contribution in [0.1, 0.15) is 12.6 Å². The Morgan fingerprint density at radius 1 is 1.45 bits per heavy atom. The number of carboxylic acids is 1. The van der Waals surface area contributed by atoms with Gasteiger partial charge >= 0.3 is 5.97 Å². The fourth-order valence-corrected chi connectivity index (χ4v) is 2.51. The molecule has 0 bridgehead atoms. The molecule has 0 aliphatic heterocycles. The molecule has 0 radical (unpaired) electrons. The van der Waals surface area contributed by atoms with Gasteiger partial charge in [0.05, 0.1) is 24.2 Å². The van der Waals surface area contributed by atoms with E-state index in [-0.39, 0.29) is 5.75 Å². The Balaban J connectivity index is 2.37. The Hall–Kier alpha value is -1.95. The third kappa shape index (κ3) is 3.33. The molecule has 0 amide bonds. The fraction of sp³-hybridized carbons (Fsp3) is 0.286. The molecule has 2 rings (SSSR count). The first-order valence-corrected chi connectivity index (χ1v) is 7.20. The van der Waals surface area contributed by atoms with Gasteiger partial charge < -0.3 is 9.84 Å². The molecule has 1 N–H and O–H groups in total. The van der Waals surface area contributed by atoms with E-state index < -0.39 is 5.97 Å². The zero-order valence-electron chi connectivity index (χ0n) is 11.4. The van der Waals surface area contributed by atoms with Gasteiger partial charge in [-0.15, -0.1) is 0 Å². The molecule has 0 saturated carbocycles. The monoisotopic (exact) mass is 292 g/mol. The van der Waals surface area contributed by atoms with Crippen LogP contribution in [0.25, 0.3) is 5.69 Å². The summed E-state index contributed by atoms with van der Waals surface area (Å²) in [5.41, 5.74) is 1.79. The highest BCUT2D eigenvalue weighted by molar-refractivity contribution is 7.99. The number of benzene rings is 1. The third-order valence-corrected chi connectivity index (χ3v) is 3.71. The lowest BCUT2D eigenvalue weighted by molar-refractivity contribution is -0.133. The van der Waals surface area contributed by atoms with Gasteiger partial charge in [0, 0.05) is 6.07 Å². The molecule has 1 aromatic carbocycles. The summed E-state index contributed by atoms with van der Waals surface area (Å²) in [6.45, 7) is 2.02. The molecule has 0 fully saturated rings. The Morgan fingerprint density at radius 3 is 2.90 bits per heavy atom. The molecule has 0 unspecified atom stereocenters. The number of carboxylic acid groups (broad SMARTS) is 1. The van der Waals surface area contributed by atoms with Crippen molar-refractivity contribution < 1.29 is 14.6 Å². The van der Waals surface area contributed by atoms with E-state index in [1.165, 1.54) is 11.8 Å². The van der Waals surface area contributed by atoms with Crippen LogP contribution in [0.5, 0.6) is 5.75 Å². The molecule has 0 spiro atoms. The first-order valence-electron chi connectivity index (χ1n) is 6.22.